The molecule has 0 radical (unpaired) electrons. The fraction of sp³-hybridized carbons (Fsp3) is 0.158. The summed E-state index contributed by atoms with van der Waals surface area (Å²) in [6.45, 7) is 0.481. The van der Waals surface area contributed by atoms with Crippen LogP contribution < -0.4 is 15.4 Å². The van der Waals surface area contributed by atoms with Gasteiger partial charge in [-0.2, -0.15) is 0 Å². The summed E-state index contributed by atoms with van der Waals surface area (Å²) < 4.78 is 10.8. The van der Waals surface area contributed by atoms with Crippen LogP contribution in [0, 0.1) is 0 Å². The molecule has 0 saturated heterocycles. The smallest absolute Gasteiger partial charge is 0.287 e. The zero-order valence-corrected chi connectivity index (χ0v) is 15.9. The molecule has 0 fully saturated rings. The Morgan fingerprint density at radius 3 is 2.44 bits per heavy atom. The van der Waals surface area contributed by atoms with Crippen LogP contribution in [0.1, 0.15) is 20.9 Å². The van der Waals surface area contributed by atoms with Crippen LogP contribution >= 0.6 is 23.2 Å². The van der Waals surface area contributed by atoms with Gasteiger partial charge in [0.25, 0.3) is 11.8 Å². The molecule has 2 N–H and O–H groups in total. The van der Waals surface area contributed by atoms with E-state index >= 15 is 0 Å². The number of carbonyl (C=O) groups excluding carboxylic acids is 2. The zero-order valence-electron chi connectivity index (χ0n) is 14.3. The number of hydrogen-bond donors (Lipinski definition) is 2. The van der Waals surface area contributed by atoms with E-state index in [1.165, 1.54) is 13.2 Å². The highest BCUT2D eigenvalue weighted by atomic mass is 35.5. The van der Waals surface area contributed by atoms with Crippen LogP contribution in [0.4, 0.5) is 0 Å². The van der Waals surface area contributed by atoms with Gasteiger partial charge in [0, 0.05) is 24.0 Å². The van der Waals surface area contributed by atoms with Crippen molar-refractivity contribution in [1.29, 1.82) is 0 Å². The third-order valence-corrected chi connectivity index (χ3v) is 4.57. The molecule has 3 rings (SSSR count). The molecule has 0 spiro atoms. The van der Waals surface area contributed by atoms with E-state index in [1.807, 2.05) is 12.1 Å². The van der Waals surface area contributed by atoms with E-state index in [9.17, 15) is 9.59 Å². The fourth-order valence-corrected chi connectivity index (χ4v) is 2.79. The Bertz CT molecular complexity index is 1000. The summed E-state index contributed by atoms with van der Waals surface area (Å²) in [5.74, 6) is 0.0408. The van der Waals surface area contributed by atoms with Crippen molar-refractivity contribution in [2.45, 2.75) is 0 Å². The largest absolute Gasteiger partial charge is 0.493 e. The number of amides is 2. The Balaban J connectivity index is 1.54. The standard InChI is InChI=1S/C19H16Cl2N2O4/c1-26-15-4-2-3-11-10-16(27-17(11)15)19(25)23-8-7-22-18(24)12-5-6-13(20)14(21)9-12/h2-6,9-10H,7-8H2,1H3,(H,22,24)(H,23,25). The van der Waals surface area contributed by atoms with E-state index in [0.29, 0.717) is 26.9 Å². The van der Waals surface area contributed by atoms with Crippen LogP contribution in [0.15, 0.2) is 46.9 Å². The molecule has 0 saturated carbocycles. The molecule has 0 unspecified atom stereocenters. The highest BCUT2D eigenvalue weighted by Crippen LogP contribution is 2.28. The lowest BCUT2D eigenvalue weighted by Crippen LogP contribution is -2.34. The van der Waals surface area contributed by atoms with Crippen molar-refractivity contribution in [3.05, 3.63) is 63.8 Å². The quantitative estimate of drug-likeness (QED) is 0.608. The minimum absolute atomic E-state index is 0.172. The van der Waals surface area contributed by atoms with E-state index in [2.05, 4.69) is 10.6 Å². The topological polar surface area (TPSA) is 80.6 Å². The third kappa shape index (κ3) is 4.35. The highest BCUT2D eigenvalue weighted by molar-refractivity contribution is 6.42. The number of rotatable bonds is 6. The van der Waals surface area contributed by atoms with Crippen molar-refractivity contribution < 1.29 is 18.7 Å². The lowest BCUT2D eigenvalue weighted by Gasteiger charge is -2.07. The third-order valence-electron chi connectivity index (χ3n) is 3.83. The van der Waals surface area contributed by atoms with Crippen molar-refractivity contribution in [2.75, 3.05) is 20.2 Å². The molecule has 2 aromatic carbocycles. The summed E-state index contributed by atoms with van der Waals surface area (Å²) in [5, 5.41) is 6.83. The molecule has 8 heteroatoms. The van der Waals surface area contributed by atoms with E-state index in [4.69, 9.17) is 32.4 Å². The van der Waals surface area contributed by atoms with Crippen LogP contribution in [0.5, 0.6) is 5.75 Å². The van der Waals surface area contributed by atoms with Gasteiger partial charge in [0.05, 0.1) is 17.2 Å². The van der Waals surface area contributed by atoms with Crippen molar-refractivity contribution in [2.24, 2.45) is 0 Å². The van der Waals surface area contributed by atoms with Crippen LogP contribution in [-0.2, 0) is 0 Å². The molecular weight excluding hydrogens is 391 g/mol. The average molecular weight is 407 g/mol. The van der Waals surface area contributed by atoms with Gasteiger partial charge in [0.2, 0.25) is 0 Å². The van der Waals surface area contributed by atoms with Gasteiger partial charge in [-0.05, 0) is 30.3 Å². The summed E-state index contributed by atoms with van der Waals surface area (Å²) >= 11 is 11.7. The molecule has 1 heterocycles. The van der Waals surface area contributed by atoms with Gasteiger partial charge in [-0.25, -0.2) is 0 Å². The van der Waals surface area contributed by atoms with E-state index in [0.717, 1.165) is 5.39 Å². The molecule has 0 aliphatic rings. The minimum atomic E-state index is -0.378. The number of carbonyl (C=O) groups is 2. The molecule has 140 valence electrons. The average Bonchev–Trinajstić information content (AvgIpc) is 3.11. The predicted molar refractivity (Wildman–Crippen MR) is 104 cm³/mol. The number of benzene rings is 2. The zero-order chi connectivity index (χ0) is 19.4. The maximum absolute atomic E-state index is 12.2. The number of hydrogen-bond acceptors (Lipinski definition) is 4. The molecular formula is C19H16Cl2N2O4. The molecule has 3 aromatic rings. The summed E-state index contributed by atoms with van der Waals surface area (Å²) in [5.41, 5.74) is 0.901. The van der Waals surface area contributed by atoms with Gasteiger partial charge in [-0.15, -0.1) is 0 Å². The number of fused-ring (bicyclic) bond motifs is 1. The van der Waals surface area contributed by atoms with Crippen LogP contribution in [-0.4, -0.2) is 32.0 Å². The minimum Gasteiger partial charge on any atom is -0.493 e. The summed E-state index contributed by atoms with van der Waals surface area (Å²) in [6, 6.07) is 11.7. The normalized spacial score (nSPS) is 10.6. The second-order valence-electron chi connectivity index (χ2n) is 5.63. The number of para-hydroxylation sites is 1. The number of nitrogens with one attached hydrogen (secondary N) is 2. The summed E-state index contributed by atoms with van der Waals surface area (Å²) in [7, 11) is 1.54. The Kier molecular flexibility index (Phi) is 5.88. The maximum atomic E-state index is 12.2. The number of methoxy groups -OCH3 is 1. The lowest BCUT2D eigenvalue weighted by molar-refractivity contribution is 0.0912. The van der Waals surface area contributed by atoms with Crippen LogP contribution in [0.25, 0.3) is 11.0 Å². The first kappa shape index (κ1) is 19.1. The first-order valence-electron chi connectivity index (χ1n) is 8.07. The van der Waals surface area contributed by atoms with E-state index in [-0.39, 0.29) is 30.7 Å². The van der Waals surface area contributed by atoms with Gasteiger partial charge in [0.1, 0.15) is 0 Å². The van der Waals surface area contributed by atoms with Crippen molar-refractivity contribution >= 4 is 46.0 Å². The van der Waals surface area contributed by atoms with Crippen molar-refractivity contribution in [1.82, 2.24) is 10.6 Å². The molecule has 6 nitrogen and oxygen atoms in total. The van der Waals surface area contributed by atoms with Gasteiger partial charge < -0.3 is 19.8 Å². The molecule has 0 bridgehead atoms. The monoisotopic (exact) mass is 406 g/mol. The summed E-state index contributed by atoms with van der Waals surface area (Å²) in [4.78, 5) is 24.3. The number of furan rings is 1. The SMILES string of the molecule is COc1cccc2cc(C(=O)NCCNC(=O)c3ccc(Cl)c(Cl)c3)oc12. The van der Waals surface area contributed by atoms with Gasteiger partial charge in [-0.1, -0.05) is 35.3 Å². The second-order valence-corrected chi connectivity index (χ2v) is 6.44. The first-order chi connectivity index (χ1) is 13.0. The Morgan fingerprint density at radius 1 is 1.00 bits per heavy atom. The van der Waals surface area contributed by atoms with E-state index in [1.54, 1.807) is 24.3 Å². The number of halogens is 2. The number of ether oxygens (including phenoxy) is 1. The molecule has 2 amide bonds. The van der Waals surface area contributed by atoms with Crippen molar-refractivity contribution in [3.8, 4) is 5.75 Å². The van der Waals surface area contributed by atoms with Crippen molar-refractivity contribution in [3.63, 3.8) is 0 Å². The Hall–Kier alpha value is -2.70. The Morgan fingerprint density at radius 2 is 1.74 bits per heavy atom. The maximum Gasteiger partial charge on any atom is 0.287 e. The van der Waals surface area contributed by atoms with Gasteiger partial charge in [-0.3, -0.25) is 9.59 Å². The molecule has 0 aliphatic heterocycles. The summed E-state index contributed by atoms with van der Waals surface area (Å²) in [6.07, 6.45) is 0. The lowest BCUT2D eigenvalue weighted by atomic mass is 10.2. The Labute approximate surface area is 165 Å². The predicted octanol–water partition coefficient (Wildman–Crippen LogP) is 3.91. The van der Waals surface area contributed by atoms with E-state index < -0.39 is 0 Å². The molecule has 0 aliphatic carbocycles. The van der Waals surface area contributed by atoms with Crippen LogP contribution in [0.3, 0.4) is 0 Å². The van der Waals surface area contributed by atoms with Gasteiger partial charge in [0.15, 0.2) is 17.1 Å². The van der Waals surface area contributed by atoms with Gasteiger partial charge >= 0.3 is 0 Å². The molecule has 1 aromatic heterocycles. The fourth-order valence-electron chi connectivity index (χ4n) is 2.49. The molecule has 0 atom stereocenters. The highest BCUT2D eigenvalue weighted by Gasteiger charge is 2.14. The van der Waals surface area contributed by atoms with Crippen LogP contribution in [0.2, 0.25) is 10.0 Å². The first-order valence-corrected chi connectivity index (χ1v) is 8.83. The second kappa shape index (κ2) is 8.33. The molecule has 27 heavy (non-hydrogen) atoms.